The van der Waals surface area contributed by atoms with Crippen molar-refractivity contribution < 1.29 is 0 Å². The lowest BCUT2D eigenvalue weighted by Gasteiger charge is -2.21. The van der Waals surface area contributed by atoms with E-state index in [4.69, 9.17) is 11.6 Å². The van der Waals surface area contributed by atoms with E-state index in [9.17, 15) is 0 Å². The molecule has 0 aliphatic heterocycles. The van der Waals surface area contributed by atoms with Gasteiger partial charge in [0.15, 0.2) is 0 Å². The van der Waals surface area contributed by atoms with Crippen molar-refractivity contribution in [3.05, 3.63) is 29.0 Å². The van der Waals surface area contributed by atoms with Crippen molar-refractivity contribution in [1.82, 2.24) is 9.88 Å². The van der Waals surface area contributed by atoms with Gasteiger partial charge in [-0.1, -0.05) is 18.5 Å². The number of rotatable bonds is 6. The van der Waals surface area contributed by atoms with Gasteiger partial charge in [0.2, 0.25) is 0 Å². The Labute approximate surface area is 103 Å². The van der Waals surface area contributed by atoms with Crippen molar-refractivity contribution in [1.29, 1.82) is 0 Å². The summed E-state index contributed by atoms with van der Waals surface area (Å²) in [6.45, 7) is 5.54. The molecule has 2 nitrogen and oxygen atoms in total. The molecule has 88 valence electrons. The second-order valence-corrected chi connectivity index (χ2v) is 5.08. The highest BCUT2D eigenvalue weighted by Crippen LogP contribution is 2.30. The van der Waals surface area contributed by atoms with Crippen molar-refractivity contribution in [2.45, 2.75) is 32.7 Å². The van der Waals surface area contributed by atoms with Crippen LogP contribution in [0.5, 0.6) is 0 Å². The summed E-state index contributed by atoms with van der Waals surface area (Å²) in [5, 5.41) is 0.785. The Morgan fingerprint density at radius 2 is 2.31 bits per heavy atom. The molecule has 16 heavy (non-hydrogen) atoms. The lowest BCUT2D eigenvalue weighted by molar-refractivity contribution is 0.252. The monoisotopic (exact) mass is 238 g/mol. The quantitative estimate of drug-likeness (QED) is 0.756. The average molecular weight is 239 g/mol. The molecule has 3 heteroatoms. The molecule has 0 bridgehead atoms. The molecule has 0 atom stereocenters. The number of nitrogens with zero attached hydrogens (tertiary/aromatic N) is 2. The summed E-state index contributed by atoms with van der Waals surface area (Å²) in [4.78, 5) is 6.86. The van der Waals surface area contributed by atoms with Gasteiger partial charge in [-0.05, 0) is 43.9 Å². The number of hydrogen-bond acceptors (Lipinski definition) is 2. The number of hydrogen-bond donors (Lipinski definition) is 0. The van der Waals surface area contributed by atoms with Crippen LogP contribution in [0.25, 0.3) is 0 Å². The zero-order valence-electron chi connectivity index (χ0n) is 9.82. The Bertz CT molecular complexity index is 336. The first-order valence-corrected chi connectivity index (χ1v) is 6.48. The maximum Gasteiger partial charge on any atom is 0.0558 e. The van der Waals surface area contributed by atoms with Crippen LogP contribution in [0.15, 0.2) is 18.3 Å². The Morgan fingerprint density at radius 3 is 2.94 bits per heavy atom. The van der Waals surface area contributed by atoms with Crippen LogP contribution < -0.4 is 0 Å². The largest absolute Gasteiger partial charge is 0.297 e. The van der Waals surface area contributed by atoms with E-state index in [1.165, 1.54) is 25.8 Å². The molecule has 0 radical (unpaired) electrons. The third-order valence-corrected chi connectivity index (χ3v) is 3.15. The maximum atomic E-state index is 5.96. The summed E-state index contributed by atoms with van der Waals surface area (Å²) in [6.07, 6.45) is 5.80. The summed E-state index contributed by atoms with van der Waals surface area (Å²) >= 11 is 5.96. The van der Waals surface area contributed by atoms with Gasteiger partial charge in [0.25, 0.3) is 0 Å². The topological polar surface area (TPSA) is 16.1 Å². The summed E-state index contributed by atoms with van der Waals surface area (Å²) in [5.74, 6) is 0.936. The van der Waals surface area contributed by atoms with E-state index in [2.05, 4.69) is 16.8 Å². The lowest BCUT2D eigenvalue weighted by atomic mass is 10.3. The van der Waals surface area contributed by atoms with Gasteiger partial charge in [-0.15, -0.1) is 0 Å². The molecule has 1 fully saturated rings. The molecule has 1 aromatic heterocycles. The number of pyridine rings is 1. The van der Waals surface area contributed by atoms with Crippen LogP contribution in [-0.2, 0) is 6.54 Å². The van der Waals surface area contributed by atoms with Gasteiger partial charge < -0.3 is 0 Å². The maximum absolute atomic E-state index is 5.96. The summed E-state index contributed by atoms with van der Waals surface area (Å²) in [5.41, 5.74) is 1.08. The lowest BCUT2D eigenvalue weighted by Crippen LogP contribution is -2.26. The van der Waals surface area contributed by atoms with Crippen molar-refractivity contribution in [2.75, 3.05) is 13.1 Å². The van der Waals surface area contributed by atoms with Crippen LogP contribution in [-0.4, -0.2) is 23.0 Å². The predicted octanol–water partition coefficient (Wildman–Crippen LogP) is 3.36. The molecule has 2 rings (SSSR count). The van der Waals surface area contributed by atoms with Crippen LogP contribution >= 0.6 is 11.6 Å². The molecular formula is C13H19ClN2. The molecule has 0 amide bonds. The molecule has 0 spiro atoms. The summed E-state index contributed by atoms with van der Waals surface area (Å²) in [6, 6.07) is 3.80. The molecule has 1 aliphatic rings. The van der Waals surface area contributed by atoms with Gasteiger partial charge in [-0.2, -0.15) is 0 Å². The molecular weight excluding hydrogens is 220 g/mol. The fraction of sp³-hybridized carbons (Fsp3) is 0.615. The highest BCUT2D eigenvalue weighted by molar-refractivity contribution is 6.30. The van der Waals surface area contributed by atoms with Crippen LogP contribution in [0.3, 0.4) is 0 Å². The molecule has 0 unspecified atom stereocenters. The Kier molecular flexibility index (Phi) is 4.19. The Balaban J connectivity index is 1.92. The second-order valence-electron chi connectivity index (χ2n) is 4.64. The number of aromatic nitrogens is 1. The van der Waals surface area contributed by atoms with Gasteiger partial charge in [-0.3, -0.25) is 9.88 Å². The number of halogens is 1. The van der Waals surface area contributed by atoms with Crippen LogP contribution in [0, 0.1) is 5.92 Å². The first-order valence-electron chi connectivity index (χ1n) is 6.10. The van der Waals surface area contributed by atoms with E-state index in [1.54, 1.807) is 6.20 Å². The van der Waals surface area contributed by atoms with Gasteiger partial charge in [0.05, 0.1) is 5.69 Å². The minimum absolute atomic E-state index is 0.785. The molecule has 0 aromatic carbocycles. The van der Waals surface area contributed by atoms with Crippen molar-refractivity contribution >= 4 is 11.6 Å². The standard InChI is InChI=1S/C13H19ClN2/c1-2-7-16(9-11-3-4-11)10-13-8-12(14)5-6-15-13/h5-6,8,11H,2-4,7,9-10H2,1H3. The van der Waals surface area contributed by atoms with Gasteiger partial charge >= 0.3 is 0 Å². The molecule has 1 heterocycles. The molecule has 0 saturated heterocycles. The predicted molar refractivity (Wildman–Crippen MR) is 67.5 cm³/mol. The minimum Gasteiger partial charge on any atom is -0.297 e. The SMILES string of the molecule is CCCN(Cc1cc(Cl)ccn1)CC1CC1. The second kappa shape index (κ2) is 5.65. The van der Waals surface area contributed by atoms with Crippen LogP contribution in [0.4, 0.5) is 0 Å². The molecule has 1 aromatic rings. The smallest absolute Gasteiger partial charge is 0.0558 e. The molecule has 1 saturated carbocycles. The highest BCUT2D eigenvalue weighted by Gasteiger charge is 2.24. The van der Waals surface area contributed by atoms with E-state index in [-0.39, 0.29) is 0 Å². The molecule has 0 N–H and O–H groups in total. The summed E-state index contributed by atoms with van der Waals surface area (Å²) < 4.78 is 0. The third kappa shape index (κ3) is 3.76. The average Bonchev–Trinajstić information content (AvgIpc) is 3.02. The summed E-state index contributed by atoms with van der Waals surface area (Å²) in [7, 11) is 0. The van der Waals surface area contributed by atoms with E-state index >= 15 is 0 Å². The van der Waals surface area contributed by atoms with Crippen molar-refractivity contribution in [2.24, 2.45) is 5.92 Å². The van der Waals surface area contributed by atoms with Crippen LogP contribution in [0.2, 0.25) is 5.02 Å². The Morgan fingerprint density at radius 1 is 1.50 bits per heavy atom. The fourth-order valence-electron chi connectivity index (χ4n) is 1.98. The van der Waals surface area contributed by atoms with Crippen molar-refractivity contribution in [3.8, 4) is 0 Å². The van der Waals surface area contributed by atoms with E-state index in [1.807, 2.05) is 12.1 Å². The van der Waals surface area contributed by atoms with E-state index in [0.29, 0.717) is 0 Å². The first kappa shape index (κ1) is 11.9. The third-order valence-electron chi connectivity index (χ3n) is 2.92. The van der Waals surface area contributed by atoms with E-state index in [0.717, 1.165) is 29.7 Å². The zero-order valence-corrected chi connectivity index (χ0v) is 10.6. The minimum atomic E-state index is 0.785. The van der Waals surface area contributed by atoms with Gasteiger partial charge in [-0.25, -0.2) is 0 Å². The fourth-order valence-corrected chi connectivity index (χ4v) is 2.16. The van der Waals surface area contributed by atoms with E-state index < -0.39 is 0 Å². The van der Waals surface area contributed by atoms with Crippen LogP contribution in [0.1, 0.15) is 31.9 Å². The first-order chi connectivity index (χ1) is 7.78. The normalized spacial score (nSPS) is 15.7. The zero-order chi connectivity index (χ0) is 11.4. The highest BCUT2D eigenvalue weighted by atomic mass is 35.5. The Hall–Kier alpha value is -0.600. The molecule has 1 aliphatic carbocycles. The van der Waals surface area contributed by atoms with Gasteiger partial charge in [0.1, 0.15) is 0 Å². The van der Waals surface area contributed by atoms with Crippen molar-refractivity contribution in [3.63, 3.8) is 0 Å². The van der Waals surface area contributed by atoms with Gasteiger partial charge in [0, 0.05) is 24.3 Å².